The third-order valence-electron chi connectivity index (χ3n) is 17.8. The predicted molar refractivity (Wildman–Crippen MR) is 341 cm³/mol. The van der Waals surface area contributed by atoms with Gasteiger partial charge in [-0.3, -0.25) is 58.4 Å². The van der Waals surface area contributed by atoms with Crippen molar-refractivity contribution < 1.29 is 28.7 Å². The molecule has 7 atom stereocenters. The van der Waals surface area contributed by atoms with Crippen LogP contribution in [0.25, 0.3) is 21.3 Å². The zero-order valence-electron chi connectivity index (χ0n) is 50.4. The second kappa shape index (κ2) is 25.5. The Morgan fingerprint density at radius 3 is 2.43 bits per heavy atom. The number of para-hydroxylation sites is 2. The molecule has 8 heterocycles. The number of piperazine rings is 1. The number of likely N-dealkylation sites (tertiary alicyclic amines) is 1. The van der Waals surface area contributed by atoms with Gasteiger partial charge in [0.2, 0.25) is 17.6 Å². The summed E-state index contributed by atoms with van der Waals surface area (Å²) in [5.74, 6) is 0.211. The molecule has 0 bridgehead atoms. The number of nitrogens with two attached hydrogens (primary N) is 1. The van der Waals surface area contributed by atoms with Crippen molar-refractivity contribution in [3.63, 3.8) is 0 Å². The molecular formula is C66H69ClN16O6S. The molecule has 5 N–H and O–H groups in total. The van der Waals surface area contributed by atoms with Crippen LogP contribution < -0.4 is 26.0 Å². The first-order chi connectivity index (χ1) is 43.6. The number of hydrogen-bond acceptors (Lipinski definition) is 17. The van der Waals surface area contributed by atoms with Crippen LogP contribution in [0.4, 0.5) is 5.69 Å². The van der Waals surface area contributed by atoms with Gasteiger partial charge in [-0.25, -0.2) is 4.98 Å². The monoisotopic (exact) mass is 1250 g/mol. The molecule has 2 unspecified atom stereocenters. The highest BCUT2D eigenvalue weighted by Crippen LogP contribution is 2.54. The number of piperidine rings is 1. The lowest BCUT2D eigenvalue weighted by atomic mass is 9.94. The molecule has 5 aliphatic rings. The number of aromatic amines is 1. The molecule has 5 aromatic heterocycles. The Balaban J connectivity index is 0.527. The molecule has 4 fully saturated rings. The molecule has 0 radical (unpaired) electrons. The number of aromatic nitrogens is 8. The van der Waals surface area contributed by atoms with Crippen molar-refractivity contribution in [3.8, 4) is 16.9 Å². The number of ether oxygens (including phenoxy) is 1. The molecule has 5 amide bonds. The maximum absolute atomic E-state index is 13.1. The summed E-state index contributed by atoms with van der Waals surface area (Å²) in [6.45, 7) is 11.3. The Labute approximate surface area is 529 Å². The molecule has 90 heavy (non-hydrogen) atoms. The quantitative estimate of drug-likeness (QED) is 0.0314. The largest absolute Gasteiger partial charge is 0.489 e. The van der Waals surface area contributed by atoms with Gasteiger partial charge in [0.25, 0.3) is 17.7 Å². The fourth-order valence-electron chi connectivity index (χ4n) is 12.8. The number of benzene rings is 3. The first kappa shape index (κ1) is 59.9. The standard InChI is InChI=1S/C66H69ClN16O6S/c1-37-20-44(67)22-50(47-16-19-70-55-23-46(90-60(47)55)34-83-64(86)51-25-52(51)65(83)87)53(37)35-82-38(2)29-80(30-39(82)3)31-41(26-68)27-69-17-7-18-71-62(84)54-15-14-45(75-76-54)33-81-32-43(28-72-81)49-24-48(49)42-12-10-40(11-13-42)21-59-74-61(78-77-59)63(85)73-56-36-89-58-9-6-5-8-57(58)79(4)66(56)88/h5-6,8-16,19-20,22-23,26-28,32,38-39,48-49,51-52,56H,7,17-18,21,24-25,29-31,33-36,68H2,1-4H3,(H,71,84)(H,73,85)(H,74,77,78)/b41-26+,69-27?/t38-,39-,48+,49-,51?,52?,56+/m0/s1. The van der Waals surface area contributed by atoms with Crippen LogP contribution in [0.3, 0.4) is 0 Å². The summed E-state index contributed by atoms with van der Waals surface area (Å²) in [6, 6.07) is 26.8. The molecule has 2 saturated heterocycles. The van der Waals surface area contributed by atoms with E-state index >= 15 is 0 Å². The molecule has 13 rings (SSSR count). The zero-order chi connectivity index (χ0) is 62.3. The van der Waals surface area contributed by atoms with Crippen molar-refractivity contribution in [1.29, 1.82) is 0 Å². The number of carbonyl (C=O) groups is 5. The highest BCUT2D eigenvalue weighted by molar-refractivity contribution is 7.19. The number of amides is 5. The van der Waals surface area contributed by atoms with E-state index in [-0.39, 0.29) is 72.2 Å². The van der Waals surface area contributed by atoms with Crippen LogP contribution in [-0.4, -0.2) is 155 Å². The Hall–Kier alpha value is -9.03. The topological polar surface area (TPSA) is 268 Å². The van der Waals surface area contributed by atoms with Crippen molar-refractivity contribution in [2.75, 3.05) is 51.3 Å². The highest BCUT2D eigenvalue weighted by atomic mass is 35.5. The number of H-pyrrole nitrogens is 1. The molecule has 462 valence electrons. The maximum atomic E-state index is 13.1. The van der Waals surface area contributed by atoms with Gasteiger partial charge >= 0.3 is 0 Å². The number of carbonyl (C=O) groups excluding carboxylic acids is 5. The number of thiophene rings is 1. The fraction of sp³-hybridized carbons (Fsp3) is 0.364. The van der Waals surface area contributed by atoms with Gasteiger partial charge in [-0.15, -0.1) is 21.5 Å². The van der Waals surface area contributed by atoms with Crippen molar-refractivity contribution in [2.24, 2.45) is 22.6 Å². The number of nitrogens with one attached hydrogen (secondary N) is 3. The summed E-state index contributed by atoms with van der Waals surface area (Å²) in [6.07, 6.45) is 12.0. The molecule has 0 spiro atoms. The highest BCUT2D eigenvalue weighted by Gasteiger charge is 2.58. The number of hydrogen-bond donors (Lipinski definition) is 4. The Kier molecular flexibility index (Phi) is 16.9. The van der Waals surface area contributed by atoms with Crippen LogP contribution in [0.15, 0.2) is 120 Å². The third kappa shape index (κ3) is 12.8. The maximum Gasteiger partial charge on any atom is 0.291 e. The van der Waals surface area contributed by atoms with E-state index in [1.54, 1.807) is 48.8 Å². The molecule has 24 heteroatoms. The predicted octanol–water partition coefficient (Wildman–Crippen LogP) is 7.23. The molecule has 8 aromatic rings. The van der Waals surface area contributed by atoms with Gasteiger partial charge in [-0.1, -0.05) is 48.0 Å². The van der Waals surface area contributed by atoms with Gasteiger partial charge in [0.1, 0.15) is 24.2 Å². The molecule has 3 aromatic carbocycles. The minimum absolute atomic E-state index is 0.0123. The summed E-state index contributed by atoms with van der Waals surface area (Å²) in [7, 11) is 1.65. The molecular weight excluding hydrogens is 1180 g/mol. The number of imide groups is 1. The average molecular weight is 1250 g/mol. The number of aryl methyl sites for hydroxylation is 1. The smallest absolute Gasteiger partial charge is 0.291 e. The summed E-state index contributed by atoms with van der Waals surface area (Å²) < 4.78 is 8.67. The van der Waals surface area contributed by atoms with Crippen LogP contribution in [0.1, 0.15) is 110 Å². The summed E-state index contributed by atoms with van der Waals surface area (Å²) in [5.41, 5.74) is 17.2. The lowest BCUT2D eigenvalue weighted by molar-refractivity contribution is -0.142. The summed E-state index contributed by atoms with van der Waals surface area (Å²) in [4.78, 5) is 87.4. The molecule has 22 nitrogen and oxygen atoms in total. The van der Waals surface area contributed by atoms with E-state index in [1.165, 1.54) is 20.9 Å². The van der Waals surface area contributed by atoms with Crippen molar-refractivity contribution in [3.05, 3.63) is 176 Å². The van der Waals surface area contributed by atoms with Gasteiger partial charge in [0, 0.05) is 98.9 Å². The zero-order valence-corrected chi connectivity index (χ0v) is 52.0. The normalized spacial score (nSPS) is 21.8. The van der Waals surface area contributed by atoms with Crippen LogP contribution in [0, 0.1) is 18.8 Å². The number of nitrogens with zero attached hydrogens (tertiary/aromatic N) is 12. The van der Waals surface area contributed by atoms with Crippen molar-refractivity contribution in [1.82, 2.24) is 65.5 Å². The number of fused-ring (bicyclic) bond motifs is 3. The second-order valence-electron chi connectivity index (χ2n) is 24.3. The SMILES string of the molecule is Cc1cc(Cl)cc(-c2ccnc3cc(CN4C(=O)C5CC5C4=O)sc23)c1CN1[C@@H](C)CN(C/C(C=NCCCNC(=O)c2ccc(Cn3cc([C@@H]4C[C@@H]4c4ccc(Cc5nc(C(=O)N[C@@H]6COc7ccccc7N(C)C6=O)n[nH]5)cc4)cn3)nn2)=C/N)C[C@@H]1C. The van der Waals surface area contributed by atoms with Gasteiger partial charge in [0.05, 0.1) is 52.7 Å². The first-order valence-electron chi connectivity index (χ1n) is 30.5. The lowest BCUT2D eigenvalue weighted by Crippen LogP contribution is -2.56. The first-order valence-corrected chi connectivity index (χ1v) is 31.7. The van der Waals surface area contributed by atoms with Crippen LogP contribution >= 0.6 is 22.9 Å². The van der Waals surface area contributed by atoms with E-state index in [4.69, 9.17) is 22.1 Å². The van der Waals surface area contributed by atoms with Crippen LogP contribution in [0.2, 0.25) is 5.02 Å². The number of likely N-dealkylation sites (N-methyl/N-ethyl adjacent to an activating group) is 1. The molecule has 3 aliphatic heterocycles. The molecule has 2 saturated carbocycles. The van der Waals surface area contributed by atoms with Crippen molar-refractivity contribution >= 4 is 74.6 Å². The van der Waals surface area contributed by atoms with Gasteiger partial charge in [-0.05, 0) is 146 Å². The number of rotatable bonds is 21. The van der Waals surface area contributed by atoms with E-state index < -0.39 is 11.9 Å². The number of aliphatic imine (C=N–C) groups is 1. The van der Waals surface area contributed by atoms with E-state index in [0.29, 0.717) is 85.3 Å². The van der Waals surface area contributed by atoms with Gasteiger partial charge in [-0.2, -0.15) is 10.2 Å². The second-order valence-corrected chi connectivity index (χ2v) is 25.8. The fourth-order valence-corrected chi connectivity index (χ4v) is 14.2. The number of anilines is 1. The van der Waals surface area contributed by atoms with E-state index in [0.717, 1.165) is 74.5 Å². The minimum atomic E-state index is -0.901. The summed E-state index contributed by atoms with van der Waals surface area (Å²) in [5, 5.41) is 26.5. The van der Waals surface area contributed by atoms with Gasteiger partial charge in [0.15, 0.2) is 5.69 Å². The minimum Gasteiger partial charge on any atom is -0.489 e. The van der Waals surface area contributed by atoms with Crippen molar-refractivity contribution in [2.45, 2.75) is 96.1 Å². The Morgan fingerprint density at radius 2 is 1.66 bits per heavy atom. The Morgan fingerprint density at radius 1 is 0.878 bits per heavy atom. The van der Waals surface area contributed by atoms with E-state index in [9.17, 15) is 24.0 Å². The Bertz CT molecular complexity index is 4100. The average Bonchev–Trinajstić information content (AvgIpc) is 1.59. The van der Waals surface area contributed by atoms with Crippen LogP contribution in [-0.2, 0) is 40.4 Å². The molecule has 2 aliphatic carbocycles. The number of pyridine rings is 1. The van der Waals surface area contributed by atoms with Gasteiger partial charge < -0.3 is 26.0 Å². The third-order valence-corrected chi connectivity index (χ3v) is 19.2. The summed E-state index contributed by atoms with van der Waals surface area (Å²) >= 11 is 8.36. The number of halogens is 1. The lowest BCUT2D eigenvalue weighted by Gasteiger charge is -2.45. The van der Waals surface area contributed by atoms with Crippen LogP contribution in [0.5, 0.6) is 5.75 Å². The van der Waals surface area contributed by atoms with E-state index in [1.807, 2.05) is 65.9 Å². The van der Waals surface area contributed by atoms with E-state index in [2.05, 4.69) is 106 Å².